The molecule has 1 unspecified atom stereocenters. The van der Waals surface area contributed by atoms with Crippen LogP contribution in [0.25, 0.3) is 0 Å². The Balaban J connectivity index is 2.18. The molecule has 0 aliphatic rings. The largest absolute Gasteiger partial charge is 0.385 e. The van der Waals surface area contributed by atoms with Crippen LogP contribution >= 0.6 is 11.3 Å². The van der Waals surface area contributed by atoms with Gasteiger partial charge in [-0.3, -0.25) is 0 Å². The fourth-order valence-corrected chi connectivity index (χ4v) is 2.66. The third kappa shape index (κ3) is 2.96. The van der Waals surface area contributed by atoms with E-state index in [1.165, 1.54) is 11.1 Å². The van der Waals surface area contributed by atoms with Crippen LogP contribution in [0, 0.1) is 0 Å². The second-order valence-electron chi connectivity index (χ2n) is 4.63. The highest BCUT2D eigenvalue weighted by Crippen LogP contribution is 2.26. The minimum absolute atomic E-state index is 0.669. The van der Waals surface area contributed by atoms with Crippen molar-refractivity contribution in [2.24, 2.45) is 0 Å². The van der Waals surface area contributed by atoms with E-state index < -0.39 is 5.60 Å². The van der Waals surface area contributed by atoms with Crippen LogP contribution in [-0.4, -0.2) is 5.11 Å². The number of hydrogen-bond acceptors (Lipinski definition) is 2. The maximum absolute atomic E-state index is 10.5. The van der Waals surface area contributed by atoms with Crippen molar-refractivity contribution in [3.63, 3.8) is 0 Å². The fraction of sp³-hybridized carbons (Fsp3) is 0.333. The Bertz CT molecular complexity index is 454. The summed E-state index contributed by atoms with van der Waals surface area (Å²) in [6.45, 7) is 4.02. The second-order valence-corrected chi connectivity index (χ2v) is 5.41. The summed E-state index contributed by atoms with van der Waals surface area (Å²) in [6, 6.07) is 10.3. The molecule has 1 aromatic carbocycles. The summed E-state index contributed by atoms with van der Waals surface area (Å²) in [5, 5.41) is 14.7. The first-order chi connectivity index (χ1) is 8.12. The van der Waals surface area contributed by atoms with Gasteiger partial charge in [0, 0.05) is 6.42 Å². The van der Waals surface area contributed by atoms with Gasteiger partial charge < -0.3 is 5.11 Å². The van der Waals surface area contributed by atoms with Gasteiger partial charge >= 0.3 is 0 Å². The van der Waals surface area contributed by atoms with Gasteiger partial charge in [0.2, 0.25) is 0 Å². The monoisotopic (exact) mass is 246 g/mol. The summed E-state index contributed by atoms with van der Waals surface area (Å²) in [4.78, 5) is 0. The Morgan fingerprint density at radius 3 is 2.35 bits per heavy atom. The minimum atomic E-state index is -0.784. The lowest BCUT2D eigenvalue weighted by Gasteiger charge is -2.23. The number of benzene rings is 1. The van der Waals surface area contributed by atoms with Gasteiger partial charge in [0.25, 0.3) is 0 Å². The maximum Gasteiger partial charge on any atom is 0.0909 e. The van der Waals surface area contributed by atoms with Crippen LogP contribution in [0.3, 0.4) is 0 Å². The van der Waals surface area contributed by atoms with Crippen molar-refractivity contribution in [3.05, 3.63) is 57.8 Å². The van der Waals surface area contributed by atoms with Crippen molar-refractivity contribution in [1.29, 1.82) is 0 Å². The zero-order valence-electron chi connectivity index (χ0n) is 10.3. The van der Waals surface area contributed by atoms with E-state index in [1.807, 2.05) is 24.4 Å². The first-order valence-corrected chi connectivity index (χ1v) is 6.89. The van der Waals surface area contributed by atoms with Crippen LogP contribution in [0.4, 0.5) is 0 Å². The molecule has 2 aromatic rings. The van der Waals surface area contributed by atoms with Crippen LogP contribution in [0.5, 0.6) is 0 Å². The molecule has 17 heavy (non-hydrogen) atoms. The number of rotatable bonds is 4. The summed E-state index contributed by atoms with van der Waals surface area (Å²) in [5.74, 6) is 0. The summed E-state index contributed by atoms with van der Waals surface area (Å²) in [7, 11) is 0. The van der Waals surface area contributed by atoms with Crippen LogP contribution < -0.4 is 0 Å². The summed E-state index contributed by atoms with van der Waals surface area (Å²) in [6.07, 6.45) is 1.70. The predicted octanol–water partition coefficient (Wildman–Crippen LogP) is 3.76. The molecule has 0 radical (unpaired) electrons. The standard InChI is InChI=1S/C15H18OS/c1-3-12-4-6-14(7-5-12)15(2,16)10-13-8-9-17-11-13/h4-9,11,16H,3,10H2,1-2H3. The summed E-state index contributed by atoms with van der Waals surface area (Å²) >= 11 is 1.67. The predicted molar refractivity (Wildman–Crippen MR) is 73.4 cm³/mol. The molecule has 1 aromatic heterocycles. The lowest BCUT2D eigenvalue weighted by atomic mass is 9.89. The number of aryl methyl sites for hydroxylation is 1. The highest BCUT2D eigenvalue weighted by atomic mass is 32.1. The molecule has 0 aliphatic carbocycles. The molecule has 0 fully saturated rings. The van der Waals surface area contributed by atoms with Gasteiger partial charge in [-0.05, 0) is 46.9 Å². The average Bonchev–Trinajstić information content (AvgIpc) is 2.81. The second kappa shape index (κ2) is 5.03. The highest BCUT2D eigenvalue weighted by molar-refractivity contribution is 7.07. The molecule has 1 atom stereocenters. The molecule has 0 aliphatic heterocycles. The molecule has 0 saturated heterocycles. The van der Waals surface area contributed by atoms with Crippen LogP contribution in [-0.2, 0) is 18.4 Å². The third-order valence-corrected chi connectivity index (χ3v) is 3.84. The Labute approximate surface area is 107 Å². The van der Waals surface area contributed by atoms with Crippen molar-refractivity contribution in [3.8, 4) is 0 Å². The number of hydrogen-bond donors (Lipinski definition) is 1. The first-order valence-electron chi connectivity index (χ1n) is 5.94. The Hall–Kier alpha value is -1.12. The molecule has 0 spiro atoms. The maximum atomic E-state index is 10.5. The molecular formula is C15H18OS. The van der Waals surface area contributed by atoms with Crippen molar-refractivity contribution in [2.45, 2.75) is 32.3 Å². The SMILES string of the molecule is CCc1ccc(C(C)(O)Cc2ccsc2)cc1. The fourth-order valence-electron chi connectivity index (χ4n) is 1.99. The molecule has 1 heterocycles. The summed E-state index contributed by atoms with van der Waals surface area (Å²) < 4.78 is 0. The molecule has 0 bridgehead atoms. The smallest absolute Gasteiger partial charge is 0.0909 e. The Morgan fingerprint density at radius 1 is 1.12 bits per heavy atom. The van der Waals surface area contributed by atoms with Crippen molar-refractivity contribution >= 4 is 11.3 Å². The lowest BCUT2D eigenvalue weighted by molar-refractivity contribution is 0.0577. The molecule has 1 nitrogen and oxygen atoms in total. The van der Waals surface area contributed by atoms with Crippen molar-refractivity contribution < 1.29 is 5.11 Å². The molecule has 2 rings (SSSR count). The quantitative estimate of drug-likeness (QED) is 0.871. The van der Waals surface area contributed by atoms with Crippen LogP contribution in [0.15, 0.2) is 41.1 Å². The van der Waals surface area contributed by atoms with Crippen LogP contribution in [0.1, 0.15) is 30.5 Å². The van der Waals surface area contributed by atoms with Gasteiger partial charge in [0.1, 0.15) is 0 Å². The van der Waals surface area contributed by atoms with Crippen molar-refractivity contribution in [2.75, 3.05) is 0 Å². The van der Waals surface area contributed by atoms with E-state index in [2.05, 4.69) is 30.5 Å². The van der Waals surface area contributed by atoms with E-state index in [9.17, 15) is 5.11 Å². The number of thiophene rings is 1. The van der Waals surface area contributed by atoms with Gasteiger partial charge in [-0.2, -0.15) is 11.3 Å². The number of aliphatic hydroxyl groups is 1. The minimum Gasteiger partial charge on any atom is -0.385 e. The lowest BCUT2D eigenvalue weighted by Crippen LogP contribution is -2.23. The summed E-state index contributed by atoms with van der Waals surface area (Å²) in [5.41, 5.74) is 2.70. The van der Waals surface area contributed by atoms with Crippen LogP contribution in [0.2, 0.25) is 0 Å². The molecular weight excluding hydrogens is 228 g/mol. The Kier molecular flexibility index (Phi) is 3.65. The Morgan fingerprint density at radius 2 is 1.82 bits per heavy atom. The third-order valence-electron chi connectivity index (χ3n) is 3.11. The zero-order chi connectivity index (χ0) is 12.3. The van der Waals surface area contributed by atoms with E-state index >= 15 is 0 Å². The van der Waals surface area contributed by atoms with Gasteiger partial charge in [0.15, 0.2) is 0 Å². The zero-order valence-corrected chi connectivity index (χ0v) is 11.1. The highest BCUT2D eigenvalue weighted by Gasteiger charge is 2.23. The van der Waals surface area contributed by atoms with E-state index in [-0.39, 0.29) is 0 Å². The van der Waals surface area contributed by atoms with E-state index in [0.717, 1.165) is 12.0 Å². The van der Waals surface area contributed by atoms with Gasteiger partial charge in [-0.15, -0.1) is 0 Å². The molecule has 1 N–H and O–H groups in total. The molecule has 2 heteroatoms. The van der Waals surface area contributed by atoms with E-state index in [4.69, 9.17) is 0 Å². The first kappa shape index (κ1) is 12.3. The average molecular weight is 246 g/mol. The normalized spacial score (nSPS) is 14.5. The molecule has 0 saturated carbocycles. The topological polar surface area (TPSA) is 20.2 Å². The van der Waals surface area contributed by atoms with Gasteiger partial charge in [0.05, 0.1) is 5.60 Å². The van der Waals surface area contributed by atoms with Gasteiger partial charge in [-0.25, -0.2) is 0 Å². The van der Waals surface area contributed by atoms with Gasteiger partial charge in [-0.1, -0.05) is 31.2 Å². The van der Waals surface area contributed by atoms with E-state index in [1.54, 1.807) is 11.3 Å². The molecule has 0 amide bonds. The molecule has 90 valence electrons. The van der Waals surface area contributed by atoms with E-state index in [0.29, 0.717) is 6.42 Å². The van der Waals surface area contributed by atoms with Crippen molar-refractivity contribution in [1.82, 2.24) is 0 Å².